The lowest BCUT2D eigenvalue weighted by Crippen LogP contribution is -2.42. The number of hydrogen-bond acceptors (Lipinski definition) is 2. The summed E-state index contributed by atoms with van der Waals surface area (Å²) in [6.45, 7) is 2.35. The van der Waals surface area contributed by atoms with E-state index in [0.29, 0.717) is 11.6 Å². The molecule has 1 fully saturated rings. The molecule has 2 rings (SSSR count). The number of hydrogen-bond donors (Lipinski definition) is 2. The van der Waals surface area contributed by atoms with Crippen molar-refractivity contribution in [1.82, 2.24) is 0 Å². The molecule has 3 nitrogen and oxygen atoms in total. The molecule has 1 aliphatic carbocycles. The molecule has 1 amide bonds. The first-order valence-corrected chi connectivity index (χ1v) is 7.73. The Morgan fingerprint density at radius 2 is 1.95 bits per heavy atom. The van der Waals surface area contributed by atoms with Crippen LogP contribution in [-0.4, -0.2) is 12.5 Å². The van der Waals surface area contributed by atoms with Crippen molar-refractivity contribution in [2.24, 2.45) is 11.1 Å². The van der Waals surface area contributed by atoms with E-state index >= 15 is 0 Å². The first-order chi connectivity index (χ1) is 9.59. The Balaban J connectivity index is 2.21. The van der Waals surface area contributed by atoms with Crippen LogP contribution in [0.3, 0.4) is 0 Å². The van der Waals surface area contributed by atoms with Gasteiger partial charge in [0.1, 0.15) is 0 Å². The molecule has 0 unspecified atom stereocenters. The van der Waals surface area contributed by atoms with Crippen molar-refractivity contribution in [3.63, 3.8) is 0 Å². The van der Waals surface area contributed by atoms with Crippen molar-refractivity contribution in [3.05, 3.63) is 28.8 Å². The van der Waals surface area contributed by atoms with Gasteiger partial charge in [0.15, 0.2) is 0 Å². The summed E-state index contributed by atoms with van der Waals surface area (Å²) in [7, 11) is 0. The van der Waals surface area contributed by atoms with Crippen molar-refractivity contribution in [2.75, 3.05) is 11.9 Å². The molecular formula is C16H23ClN2O. The van der Waals surface area contributed by atoms with Crippen molar-refractivity contribution in [1.29, 1.82) is 0 Å². The zero-order valence-corrected chi connectivity index (χ0v) is 12.8. The quantitative estimate of drug-likeness (QED) is 0.831. The number of amides is 1. The number of benzene rings is 1. The van der Waals surface area contributed by atoms with Gasteiger partial charge in [0.05, 0.1) is 16.1 Å². The van der Waals surface area contributed by atoms with Gasteiger partial charge in [-0.1, -0.05) is 49.4 Å². The molecule has 20 heavy (non-hydrogen) atoms. The van der Waals surface area contributed by atoms with Gasteiger partial charge in [0.2, 0.25) is 5.91 Å². The van der Waals surface area contributed by atoms with Gasteiger partial charge in [-0.25, -0.2) is 0 Å². The van der Waals surface area contributed by atoms with E-state index in [-0.39, 0.29) is 5.91 Å². The number of halogens is 1. The largest absolute Gasteiger partial charge is 0.329 e. The number of nitrogens with two attached hydrogens (primary N) is 1. The van der Waals surface area contributed by atoms with Crippen molar-refractivity contribution >= 4 is 23.2 Å². The first kappa shape index (κ1) is 15.3. The number of para-hydroxylation sites is 1. The van der Waals surface area contributed by atoms with Crippen LogP contribution >= 0.6 is 11.6 Å². The Kier molecular flexibility index (Phi) is 5.06. The number of rotatable bonds is 3. The van der Waals surface area contributed by atoms with Crippen LogP contribution < -0.4 is 11.1 Å². The minimum atomic E-state index is -0.428. The third kappa shape index (κ3) is 3.15. The van der Waals surface area contributed by atoms with Gasteiger partial charge in [-0.2, -0.15) is 0 Å². The van der Waals surface area contributed by atoms with Crippen LogP contribution in [0.1, 0.15) is 44.1 Å². The van der Waals surface area contributed by atoms with E-state index in [4.69, 9.17) is 17.3 Å². The van der Waals surface area contributed by atoms with Crippen molar-refractivity contribution in [2.45, 2.75) is 45.4 Å². The maximum Gasteiger partial charge on any atom is 0.231 e. The second-order valence-electron chi connectivity index (χ2n) is 5.78. The van der Waals surface area contributed by atoms with Crippen LogP contribution in [0.4, 0.5) is 5.69 Å². The average molecular weight is 295 g/mol. The Hall–Kier alpha value is -1.06. The summed E-state index contributed by atoms with van der Waals surface area (Å²) in [4.78, 5) is 12.7. The highest BCUT2D eigenvalue weighted by molar-refractivity contribution is 6.34. The lowest BCUT2D eigenvalue weighted by atomic mass is 9.79. The van der Waals surface area contributed by atoms with Crippen LogP contribution in [0.2, 0.25) is 5.02 Å². The molecule has 0 atom stereocenters. The molecule has 3 N–H and O–H groups in total. The van der Waals surface area contributed by atoms with Gasteiger partial charge in [-0.3, -0.25) is 4.79 Å². The molecule has 0 radical (unpaired) electrons. The van der Waals surface area contributed by atoms with Crippen molar-refractivity contribution in [3.8, 4) is 0 Å². The molecule has 4 heteroatoms. The third-order valence-corrected chi connectivity index (χ3v) is 4.71. The standard InChI is InChI=1S/C16H23ClN2O/c1-12-7-6-8-13(17)14(12)19-15(20)16(11-18)9-4-2-3-5-10-16/h6-8H,2-5,9-11,18H2,1H3,(H,19,20). The summed E-state index contributed by atoms with van der Waals surface area (Å²) in [5.74, 6) is 0.0260. The van der Waals surface area contributed by atoms with E-state index in [1.54, 1.807) is 6.07 Å². The molecule has 0 aromatic heterocycles. The van der Waals surface area contributed by atoms with Crippen LogP contribution in [-0.2, 0) is 4.79 Å². The fourth-order valence-corrected chi connectivity index (χ4v) is 3.23. The smallest absolute Gasteiger partial charge is 0.231 e. The molecule has 0 heterocycles. The monoisotopic (exact) mass is 294 g/mol. The summed E-state index contributed by atoms with van der Waals surface area (Å²) >= 11 is 6.19. The molecule has 1 saturated carbocycles. The van der Waals surface area contributed by atoms with Crippen LogP contribution in [0.25, 0.3) is 0 Å². The molecule has 1 aromatic carbocycles. The van der Waals surface area contributed by atoms with Gasteiger partial charge in [-0.15, -0.1) is 0 Å². The van der Waals surface area contributed by atoms with E-state index in [9.17, 15) is 4.79 Å². The van der Waals surface area contributed by atoms with Gasteiger partial charge >= 0.3 is 0 Å². The molecule has 0 aliphatic heterocycles. The number of anilines is 1. The van der Waals surface area contributed by atoms with Crippen LogP contribution in [0.15, 0.2) is 18.2 Å². The third-order valence-electron chi connectivity index (χ3n) is 4.39. The Morgan fingerprint density at radius 1 is 1.30 bits per heavy atom. The minimum absolute atomic E-state index is 0.0260. The van der Waals surface area contributed by atoms with E-state index in [1.807, 2.05) is 19.1 Å². The highest BCUT2D eigenvalue weighted by Crippen LogP contribution is 2.36. The predicted molar refractivity (Wildman–Crippen MR) is 84.0 cm³/mol. The number of carbonyl (C=O) groups excluding carboxylic acids is 1. The molecule has 110 valence electrons. The molecule has 0 bridgehead atoms. The Morgan fingerprint density at radius 3 is 2.50 bits per heavy atom. The maximum absolute atomic E-state index is 12.7. The minimum Gasteiger partial charge on any atom is -0.329 e. The molecule has 1 aliphatic rings. The van der Waals surface area contributed by atoms with E-state index in [0.717, 1.165) is 36.9 Å². The SMILES string of the molecule is Cc1cccc(Cl)c1NC(=O)C1(CN)CCCCCC1. The number of nitrogens with one attached hydrogen (secondary N) is 1. The van der Waals surface area contributed by atoms with E-state index < -0.39 is 5.41 Å². The topological polar surface area (TPSA) is 55.1 Å². The summed E-state index contributed by atoms with van der Waals surface area (Å²) < 4.78 is 0. The molecular weight excluding hydrogens is 272 g/mol. The second-order valence-corrected chi connectivity index (χ2v) is 6.19. The van der Waals surface area contributed by atoms with E-state index in [1.165, 1.54) is 12.8 Å². The van der Waals surface area contributed by atoms with Gasteiger partial charge in [0, 0.05) is 6.54 Å². The Labute approximate surface area is 125 Å². The maximum atomic E-state index is 12.7. The molecule has 1 aromatic rings. The van der Waals surface area contributed by atoms with Gasteiger partial charge < -0.3 is 11.1 Å². The summed E-state index contributed by atoms with van der Waals surface area (Å²) in [6.07, 6.45) is 6.29. The van der Waals surface area contributed by atoms with Crippen molar-refractivity contribution < 1.29 is 4.79 Å². The highest BCUT2D eigenvalue weighted by Gasteiger charge is 2.37. The highest BCUT2D eigenvalue weighted by atomic mass is 35.5. The first-order valence-electron chi connectivity index (χ1n) is 7.36. The van der Waals surface area contributed by atoms with Crippen LogP contribution in [0, 0.1) is 12.3 Å². The zero-order valence-electron chi connectivity index (χ0n) is 12.0. The number of carbonyl (C=O) groups is 1. The molecule has 0 saturated heterocycles. The number of aryl methyl sites for hydroxylation is 1. The lowest BCUT2D eigenvalue weighted by Gasteiger charge is -2.30. The average Bonchev–Trinajstić information content (AvgIpc) is 2.69. The normalized spacial score (nSPS) is 18.4. The van der Waals surface area contributed by atoms with Crippen LogP contribution in [0.5, 0.6) is 0 Å². The summed E-state index contributed by atoms with van der Waals surface area (Å²) in [5.41, 5.74) is 7.21. The zero-order chi connectivity index (χ0) is 14.6. The fourth-order valence-electron chi connectivity index (χ4n) is 2.97. The second kappa shape index (κ2) is 6.59. The van der Waals surface area contributed by atoms with Gasteiger partial charge in [0.25, 0.3) is 0 Å². The predicted octanol–water partition coefficient (Wildman–Crippen LogP) is 3.89. The lowest BCUT2D eigenvalue weighted by molar-refractivity contribution is -0.125. The Bertz CT molecular complexity index is 459. The van der Waals surface area contributed by atoms with Gasteiger partial charge in [-0.05, 0) is 31.4 Å². The summed E-state index contributed by atoms with van der Waals surface area (Å²) in [5, 5.41) is 3.60. The van der Waals surface area contributed by atoms with E-state index in [2.05, 4.69) is 5.32 Å². The fraction of sp³-hybridized carbons (Fsp3) is 0.562. The summed E-state index contributed by atoms with van der Waals surface area (Å²) in [6, 6.07) is 5.63. The molecule has 0 spiro atoms.